The van der Waals surface area contributed by atoms with Gasteiger partial charge in [-0.1, -0.05) is 0 Å². The van der Waals surface area contributed by atoms with Gasteiger partial charge in [0.05, 0.1) is 26.4 Å². The molecule has 9 nitrogen and oxygen atoms in total. The second-order valence-electron chi connectivity index (χ2n) is 1.90. The van der Waals surface area contributed by atoms with Crippen molar-refractivity contribution in [2.45, 2.75) is 0 Å². The summed E-state index contributed by atoms with van der Waals surface area (Å²) in [5.41, 5.74) is 0. The summed E-state index contributed by atoms with van der Waals surface area (Å²) in [6.07, 6.45) is 0. The minimum Gasteiger partial charge on any atom is -0.672 e. The number of hydrogen-bond donors (Lipinski definition) is 4. The fraction of sp³-hybridized carbons (Fsp3) is 0.800. The molecule has 0 atom stereocenters. The van der Waals surface area contributed by atoms with E-state index >= 15 is 0 Å². The van der Waals surface area contributed by atoms with Crippen LogP contribution in [-0.2, 0) is 4.46 Å². The molecule has 0 fully saturated rings. The molecule has 0 aromatic heterocycles. The molecule has 0 aromatic rings. The van der Waals surface area contributed by atoms with Crippen molar-refractivity contribution in [3.63, 3.8) is 0 Å². The first-order valence-electron chi connectivity index (χ1n) is 5.39. The zero-order valence-electron chi connectivity index (χ0n) is 16.6. The molecule has 0 aromatic carbocycles. The molecule has 0 aliphatic carbocycles. The minimum absolute atomic E-state index is 0. The Morgan fingerprint density at radius 3 is 0.643 bits per heavy atom. The Bertz CT molecular complexity index is 189. The van der Waals surface area contributed by atoms with Crippen molar-refractivity contribution >= 4 is 55.6 Å². The van der Waals surface area contributed by atoms with Gasteiger partial charge in [-0.05, 0) is 0 Å². The van der Waals surface area contributed by atoms with Crippen LogP contribution in [0.2, 0.25) is 0 Å². The van der Waals surface area contributed by atoms with E-state index in [9.17, 15) is 0 Å². The first kappa shape index (κ1) is 69.7. The van der Waals surface area contributed by atoms with Crippen molar-refractivity contribution < 1.29 is 153 Å². The molecule has 0 radical (unpaired) electrons. The zero-order chi connectivity index (χ0) is 21.2. The Balaban J connectivity index is -0.0000000133. The molecule has 28 heavy (non-hydrogen) atoms. The molecule has 0 unspecified atom stereocenters. The van der Waals surface area contributed by atoms with E-state index < -0.39 is 9.17 Å². The van der Waals surface area contributed by atoms with Gasteiger partial charge in [-0.25, -0.2) is 0 Å². The fourth-order valence-electron chi connectivity index (χ4n) is 0. The molecule has 4 N–H and O–H groups in total. The van der Waals surface area contributed by atoms with E-state index in [1.54, 1.807) is 0 Å². The van der Waals surface area contributed by atoms with Gasteiger partial charge >= 0.3 is 118 Å². The average molecular weight is 542 g/mol. The van der Waals surface area contributed by atoms with Gasteiger partial charge in [-0.15, -0.1) is 46.4 Å². The van der Waals surface area contributed by atoms with Crippen LogP contribution in [0.4, 0.5) is 0 Å². The van der Waals surface area contributed by atoms with Crippen LogP contribution in [-0.4, -0.2) is 79.5 Å². The number of aliphatic hydroxyl groups is 4. The Morgan fingerprint density at radius 1 is 0.607 bits per heavy atom. The molecule has 148 valence electrons. The standard InChI is InChI=1S/4C2H5ClO.2CN.4Na.O3Si/c4*3-1-2-4;2*1-2;;;;;1-4(2)3/h4*4H,1-2H2;;;;;;;/q;;;;2*-1;4*+1;-2. The summed E-state index contributed by atoms with van der Waals surface area (Å²) in [6.45, 7) is 9.84. The predicted molar refractivity (Wildman–Crippen MR) is 87.6 cm³/mol. The monoisotopic (exact) mass is 540 g/mol. The maximum atomic E-state index is 8.52. The summed E-state index contributed by atoms with van der Waals surface area (Å²) in [5.74, 6) is 1.39. The number of halogens is 4. The summed E-state index contributed by atoms with van der Waals surface area (Å²) < 4.78 is 8.52. The quantitative estimate of drug-likeness (QED) is 0.152. The third-order valence-electron chi connectivity index (χ3n) is 0.338. The van der Waals surface area contributed by atoms with Crippen LogP contribution >= 0.6 is 46.4 Å². The summed E-state index contributed by atoms with van der Waals surface area (Å²) in [4.78, 5) is 17.0. The van der Waals surface area contributed by atoms with E-state index in [2.05, 4.69) is 0 Å². The van der Waals surface area contributed by atoms with Crippen LogP contribution in [0.3, 0.4) is 0 Å². The molecular weight excluding hydrogens is 522 g/mol. The van der Waals surface area contributed by atoms with E-state index in [4.69, 9.17) is 105 Å². The number of nitrogens with zero attached hydrogens (tertiary/aromatic N) is 2. The molecule has 0 aliphatic rings. The Kier molecular flexibility index (Phi) is 313. The van der Waals surface area contributed by atoms with Crippen molar-refractivity contribution in [1.29, 1.82) is 10.5 Å². The molecule has 18 heteroatoms. The molecule has 0 saturated heterocycles. The topological polar surface area (TPSA) is 192 Å². The van der Waals surface area contributed by atoms with Gasteiger partial charge in [0.1, 0.15) is 0 Å². The fourth-order valence-corrected chi connectivity index (χ4v) is 0. The second-order valence-corrected chi connectivity index (χ2v) is 3.91. The van der Waals surface area contributed by atoms with Gasteiger partial charge in [-0.3, -0.25) is 0 Å². The van der Waals surface area contributed by atoms with E-state index in [0.29, 0.717) is 23.5 Å². The largest absolute Gasteiger partial charge is 1.00 e. The number of hydrogen-bond acceptors (Lipinski definition) is 9. The van der Waals surface area contributed by atoms with Crippen LogP contribution in [0.15, 0.2) is 0 Å². The average Bonchev–Trinajstić information content (AvgIpc) is 2.64. The van der Waals surface area contributed by atoms with Crippen molar-refractivity contribution in [2.24, 2.45) is 0 Å². The molecule has 0 spiro atoms. The predicted octanol–water partition coefficient (Wildman–Crippen LogP) is -13.8. The number of aliphatic hydroxyl groups excluding tert-OH is 4. The van der Waals surface area contributed by atoms with Crippen LogP contribution in [0, 0.1) is 23.7 Å². The zero-order valence-corrected chi connectivity index (χ0v) is 28.6. The van der Waals surface area contributed by atoms with E-state index in [-0.39, 0.29) is 145 Å². The molecule has 0 heterocycles. The van der Waals surface area contributed by atoms with Crippen molar-refractivity contribution in [2.75, 3.05) is 49.9 Å². The Morgan fingerprint density at radius 2 is 0.643 bits per heavy atom. The van der Waals surface area contributed by atoms with E-state index in [0.717, 1.165) is 0 Å². The maximum Gasteiger partial charge on any atom is 1.00 e. The van der Waals surface area contributed by atoms with Gasteiger partial charge < -0.3 is 58.1 Å². The molecule has 0 rings (SSSR count). The SMILES string of the molecule is O=[Si]([O-])[O-].OCCCl.OCCCl.OCCCl.OCCCl.[C-]#N.[C-]#N.[Na+].[Na+].[Na+].[Na+]. The van der Waals surface area contributed by atoms with Gasteiger partial charge in [0.2, 0.25) is 0 Å². The van der Waals surface area contributed by atoms with E-state index in [1.807, 2.05) is 0 Å². The van der Waals surface area contributed by atoms with Crippen LogP contribution in [0.1, 0.15) is 0 Å². The Labute approximate surface area is 277 Å². The van der Waals surface area contributed by atoms with Gasteiger partial charge in [-0.2, -0.15) is 0 Å². The molecule has 0 aliphatic heterocycles. The first-order valence-corrected chi connectivity index (χ1v) is 8.76. The summed E-state index contributed by atoms with van der Waals surface area (Å²) in [7, 11) is -3.63. The number of alkyl halides is 4. The molecule has 0 bridgehead atoms. The van der Waals surface area contributed by atoms with Crippen LogP contribution < -0.4 is 128 Å². The molecule has 0 saturated carbocycles. The number of rotatable bonds is 4. The smallest absolute Gasteiger partial charge is 0.672 e. The second kappa shape index (κ2) is 126. The molecular formula is C10H20Cl4N2Na4O7Si. The summed E-state index contributed by atoms with van der Waals surface area (Å²) in [6, 6.07) is 0. The van der Waals surface area contributed by atoms with Gasteiger partial charge in [0.25, 0.3) is 0 Å². The van der Waals surface area contributed by atoms with E-state index in [1.165, 1.54) is 0 Å². The van der Waals surface area contributed by atoms with Crippen LogP contribution in [0.25, 0.3) is 0 Å². The van der Waals surface area contributed by atoms with Crippen molar-refractivity contribution in [1.82, 2.24) is 0 Å². The third kappa shape index (κ3) is 419. The third-order valence-corrected chi connectivity index (χ3v) is 1.01. The maximum absolute atomic E-state index is 8.52. The summed E-state index contributed by atoms with van der Waals surface area (Å²) >= 11 is 19.7. The summed E-state index contributed by atoms with van der Waals surface area (Å²) in [5, 5.41) is 43.5. The molecule has 0 amide bonds. The minimum atomic E-state index is -3.63. The normalized spacial score (nSPS) is 5.29. The van der Waals surface area contributed by atoms with Crippen LogP contribution in [0.5, 0.6) is 0 Å². The van der Waals surface area contributed by atoms with Crippen molar-refractivity contribution in [3.05, 3.63) is 13.1 Å². The Hall–Kier alpha value is 3.60. The van der Waals surface area contributed by atoms with Gasteiger partial charge in [0.15, 0.2) is 0 Å². The van der Waals surface area contributed by atoms with Gasteiger partial charge in [0, 0.05) is 32.7 Å². The van der Waals surface area contributed by atoms with Crippen molar-refractivity contribution in [3.8, 4) is 0 Å². The first-order chi connectivity index (χ1) is 11.4.